The van der Waals surface area contributed by atoms with Gasteiger partial charge < -0.3 is 14.9 Å². The molecule has 0 aromatic heterocycles. The number of unbranched alkanes of at least 4 members (excludes halogenated alkanes) is 1. The molecule has 2 saturated heterocycles. The molecule has 4 nitrogen and oxygen atoms in total. The maximum absolute atomic E-state index is 11.7. The van der Waals surface area contributed by atoms with Crippen LogP contribution < -0.4 is 0 Å². The molecule has 0 spiro atoms. The lowest BCUT2D eigenvalue weighted by Gasteiger charge is -2.21. The highest BCUT2D eigenvalue weighted by molar-refractivity contribution is 5.78. The Morgan fingerprint density at radius 1 is 1.05 bits per heavy atom. The van der Waals surface area contributed by atoms with Crippen LogP contribution in [0.1, 0.15) is 44.9 Å². The summed E-state index contributed by atoms with van der Waals surface area (Å²) in [6.45, 7) is 5.49. The van der Waals surface area contributed by atoms with Crippen molar-refractivity contribution in [2.45, 2.75) is 44.9 Å². The first kappa shape index (κ1) is 14.8. The van der Waals surface area contributed by atoms with Crippen molar-refractivity contribution >= 4 is 5.91 Å². The Bertz CT molecular complexity index is 275. The van der Waals surface area contributed by atoms with Gasteiger partial charge in [0.05, 0.1) is 0 Å². The largest absolute Gasteiger partial charge is 0.396 e. The minimum absolute atomic E-state index is 0.149. The molecule has 1 unspecified atom stereocenters. The average Bonchev–Trinajstić information content (AvgIpc) is 2.63. The number of hydrogen-bond acceptors (Lipinski definition) is 3. The third kappa shape index (κ3) is 4.77. The molecule has 2 aliphatic heterocycles. The highest BCUT2D eigenvalue weighted by atomic mass is 16.3. The van der Waals surface area contributed by atoms with Crippen molar-refractivity contribution < 1.29 is 9.90 Å². The van der Waals surface area contributed by atoms with Crippen LogP contribution in [-0.4, -0.2) is 60.1 Å². The van der Waals surface area contributed by atoms with Crippen LogP contribution in [0.25, 0.3) is 0 Å². The van der Waals surface area contributed by atoms with Crippen molar-refractivity contribution in [3.05, 3.63) is 0 Å². The molecule has 2 rings (SSSR count). The van der Waals surface area contributed by atoms with Gasteiger partial charge in [0.2, 0.25) is 5.91 Å². The molecule has 110 valence electrons. The molecule has 0 aromatic carbocycles. The van der Waals surface area contributed by atoms with Gasteiger partial charge in [-0.25, -0.2) is 0 Å². The smallest absolute Gasteiger partial charge is 0.223 e. The number of aliphatic hydroxyl groups excluding tert-OH is 1. The summed E-state index contributed by atoms with van der Waals surface area (Å²) in [4.78, 5) is 16.2. The van der Waals surface area contributed by atoms with Gasteiger partial charge >= 0.3 is 0 Å². The van der Waals surface area contributed by atoms with Crippen molar-refractivity contribution in [1.82, 2.24) is 9.80 Å². The molecule has 0 aromatic rings. The Labute approximate surface area is 116 Å². The Morgan fingerprint density at radius 2 is 1.74 bits per heavy atom. The maximum atomic E-state index is 11.7. The second-order valence-corrected chi connectivity index (χ2v) is 6.06. The van der Waals surface area contributed by atoms with Crippen molar-refractivity contribution in [2.75, 3.05) is 39.3 Å². The number of nitrogens with zero attached hydrogens (tertiary/aromatic N) is 2. The minimum atomic E-state index is 0.149. The summed E-state index contributed by atoms with van der Waals surface area (Å²) in [6.07, 6.45) is 8.31. The van der Waals surface area contributed by atoms with Crippen LogP contribution >= 0.6 is 0 Å². The van der Waals surface area contributed by atoms with E-state index in [4.69, 9.17) is 5.11 Å². The van der Waals surface area contributed by atoms with Gasteiger partial charge in [-0.15, -0.1) is 0 Å². The number of rotatable bonds is 6. The minimum Gasteiger partial charge on any atom is -0.396 e. The lowest BCUT2D eigenvalue weighted by molar-refractivity contribution is -0.127. The molecule has 0 saturated carbocycles. The molecule has 4 heteroatoms. The van der Waals surface area contributed by atoms with Crippen LogP contribution in [0.2, 0.25) is 0 Å². The van der Waals surface area contributed by atoms with Gasteiger partial charge in [-0.1, -0.05) is 12.8 Å². The highest BCUT2D eigenvalue weighted by Gasteiger charge is 2.28. The van der Waals surface area contributed by atoms with Gasteiger partial charge in [0.25, 0.3) is 0 Å². The Kier molecular flexibility index (Phi) is 6.11. The first-order valence-electron chi connectivity index (χ1n) is 7.90. The standard InChI is InChI=1S/C15H28N2O2/c18-13-14-11-15(19)17(12-14)10-6-5-9-16-7-3-1-2-4-8-16/h14,18H,1-13H2. The van der Waals surface area contributed by atoms with Crippen LogP contribution in [0.4, 0.5) is 0 Å². The molecule has 2 heterocycles. The molecule has 1 amide bonds. The van der Waals surface area contributed by atoms with Crippen LogP contribution in [0.3, 0.4) is 0 Å². The lowest BCUT2D eigenvalue weighted by Crippen LogP contribution is -2.29. The van der Waals surface area contributed by atoms with Gasteiger partial charge in [-0.2, -0.15) is 0 Å². The summed E-state index contributed by atoms with van der Waals surface area (Å²) >= 11 is 0. The van der Waals surface area contributed by atoms with Gasteiger partial charge in [-0.05, 0) is 45.3 Å². The second-order valence-electron chi connectivity index (χ2n) is 6.06. The molecule has 2 fully saturated rings. The average molecular weight is 268 g/mol. The van der Waals surface area contributed by atoms with Crippen LogP contribution in [0, 0.1) is 5.92 Å². The molecular weight excluding hydrogens is 240 g/mol. The molecule has 0 radical (unpaired) electrons. The van der Waals surface area contributed by atoms with E-state index in [0.717, 1.165) is 19.5 Å². The van der Waals surface area contributed by atoms with E-state index in [9.17, 15) is 4.79 Å². The zero-order valence-electron chi connectivity index (χ0n) is 12.0. The molecule has 0 bridgehead atoms. The number of hydrogen-bond donors (Lipinski definition) is 1. The van der Waals surface area contributed by atoms with Crippen LogP contribution in [-0.2, 0) is 4.79 Å². The normalized spacial score (nSPS) is 25.8. The Balaban J connectivity index is 1.57. The third-order valence-electron chi connectivity index (χ3n) is 4.40. The van der Waals surface area contributed by atoms with E-state index in [1.165, 1.54) is 51.7 Å². The van der Waals surface area contributed by atoms with Gasteiger partial charge in [0, 0.05) is 32.0 Å². The first-order valence-corrected chi connectivity index (χ1v) is 7.90. The first-order chi connectivity index (χ1) is 9.29. The van der Waals surface area contributed by atoms with E-state index in [1.807, 2.05) is 4.90 Å². The van der Waals surface area contributed by atoms with Crippen LogP contribution in [0.5, 0.6) is 0 Å². The third-order valence-corrected chi connectivity index (χ3v) is 4.40. The molecule has 19 heavy (non-hydrogen) atoms. The quantitative estimate of drug-likeness (QED) is 0.742. The lowest BCUT2D eigenvalue weighted by atomic mass is 10.1. The zero-order chi connectivity index (χ0) is 13.5. The topological polar surface area (TPSA) is 43.8 Å². The van der Waals surface area contributed by atoms with E-state index in [2.05, 4.69) is 4.90 Å². The molecule has 1 N–H and O–H groups in total. The number of likely N-dealkylation sites (tertiary alicyclic amines) is 2. The summed E-state index contributed by atoms with van der Waals surface area (Å²) in [5.41, 5.74) is 0. The van der Waals surface area contributed by atoms with Crippen LogP contribution in [0.15, 0.2) is 0 Å². The van der Waals surface area contributed by atoms with Gasteiger partial charge in [0.1, 0.15) is 0 Å². The molecular formula is C15H28N2O2. The summed E-state index contributed by atoms with van der Waals surface area (Å²) in [5, 5.41) is 9.08. The summed E-state index contributed by atoms with van der Waals surface area (Å²) in [6, 6.07) is 0. The van der Waals surface area contributed by atoms with E-state index in [-0.39, 0.29) is 18.4 Å². The van der Waals surface area contributed by atoms with E-state index in [0.29, 0.717) is 6.42 Å². The number of carbonyl (C=O) groups excluding carboxylic acids is 1. The van der Waals surface area contributed by atoms with E-state index < -0.39 is 0 Å². The SMILES string of the molecule is O=C1CC(CO)CN1CCCCN1CCCCCC1. The zero-order valence-corrected chi connectivity index (χ0v) is 12.0. The Hall–Kier alpha value is -0.610. The second kappa shape index (κ2) is 7.85. The highest BCUT2D eigenvalue weighted by Crippen LogP contribution is 2.17. The molecule has 1 atom stereocenters. The summed E-state index contributed by atoms with van der Waals surface area (Å²) in [5.74, 6) is 0.409. The van der Waals surface area contributed by atoms with Gasteiger partial charge in [0.15, 0.2) is 0 Å². The summed E-state index contributed by atoms with van der Waals surface area (Å²) in [7, 11) is 0. The van der Waals surface area contributed by atoms with Crippen molar-refractivity contribution in [1.29, 1.82) is 0 Å². The van der Waals surface area contributed by atoms with E-state index in [1.54, 1.807) is 0 Å². The fourth-order valence-corrected chi connectivity index (χ4v) is 3.19. The number of amides is 1. The number of aliphatic hydroxyl groups is 1. The van der Waals surface area contributed by atoms with Crippen molar-refractivity contribution in [3.8, 4) is 0 Å². The van der Waals surface area contributed by atoms with Crippen molar-refractivity contribution in [3.63, 3.8) is 0 Å². The molecule has 0 aliphatic carbocycles. The summed E-state index contributed by atoms with van der Waals surface area (Å²) < 4.78 is 0. The fourth-order valence-electron chi connectivity index (χ4n) is 3.19. The fraction of sp³-hybridized carbons (Fsp3) is 0.933. The van der Waals surface area contributed by atoms with Gasteiger partial charge in [-0.3, -0.25) is 4.79 Å². The van der Waals surface area contributed by atoms with E-state index >= 15 is 0 Å². The Morgan fingerprint density at radius 3 is 2.37 bits per heavy atom. The number of carbonyl (C=O) groups is 1. The predicted molar refractivity (Wildman–Crippen MR) is 75.9 cm³/mol. The van der Waals surface area contributed by atoms with Crippen molar-refractivity contribution in [2.24, 2.45) is 5.92 Å². The maximum Gasteiger partial charge on any atom is 0.223 e. The monoisotopic (exact) mass is 268 g/mol. The molecule has 2 aliphatic rings. The predicted octanol–water partition coefficient (Wildman–Crippen LogP) is 1.48.